The first-order valence-electron chi connectivity index (χ1n) is 7.94. The van der Waals surface area contributed by atoms with Gasteiger partial charge >= 0.3 is 0 Å². The van der Waals surface area contributed by atoms with Crippen molar-refractivity contribution >= 4 is 40.6 Å². The average molecular weight is 405 g/mol. The van der Waals surface area contributed by atoms with Crippen LogP contribution in [-0.4, -0.2) is 26.8 Å². The third kappa shape index (κ3) is 4.81. The minimum absolute atomic E-state index is 0.0743. The van der Waals surface area contributed by atoms with Crippen LogP contribution in [0.25, 0.3) is 10.6 Å². The van der Waals surface area contributed by atoms with E-state index in [4.69, 9.17) is 11.6 Å². The quantitative estimate of drug-likeness (QED) is 0.621. The molecular weight excluding hydrogens is 388 g/mol. The Morgan fingerprint density at radius 2 is 2.00 bits per heavy atom. The van der Waals surface area contributed by atoms with E-state index in [0.29, 0.717) is 16.6 Å². The van der Waals surface area contributed by atoms with Crippen LogP contribution in [0.1, 0.15) is 16.3 Å². The number of rotatable bonds is 6. The fourth-order valence-corrected chi connectivity index (χ4v) is 4.04. The summed E-state index contributed by atoms with van der Waals surface area (Å²) in [5, 5.41) is 13.7. The predicted molar refractivity (Wildman–Crippen MR) is 107 cm³/mol. The van der Waals surface area contributed by atoms with Crippen LogP contribution < -0.4 is 5.32 Å². The van der Waals surface area contributed by atoms with Crippen molar-refractivity contribution in [1.29, 1.82) is 0 Å². The number of nitrogens with one attached hydrogen (secondary N) is 1. The van der Waals surface area contributed by atoms with Crippen molar-refractivity contribution in [2.75, 3.05) is 5.75 Å². The topological polar surface area (TPSA) is 67.8 Å². The van der Waals surface area contributed by atoms with Crippen molar-refractivity contribution in [3.05, 3.63) is 57.7 Å². The maximum atomic E-state index is 12.0. The van der Waals surface area contributed by atoms with Gasteiger partial charge in [0.05, 0.1) is 21.3 Å². The summed E-state index contributed by atoms with van der Waals surface area (Å²) in [6, 6.07) is 11.2. The first-order valence-corrected chi connectivity index (χ1v) is 10.1. The maximum Gasteiger partial charge on any atom is 0.230 e. The van der Waals surface area contributed by atoms with Crippen molar-refractivity contribution in [3.8, 4) is 10.6 Å². The van der Waals surface area contributed by atoms with Gasteiger partial charge in [-0.05, 0) is 37.6 Å². The summed E-state index contributed by atoms with van der Waals surface area (Å²) in [6.07, 6.45) is 0. The Bertz CT molecular complexity index is 912. The van der Waals surface area contributed by atoms with Crippen molar-refractivity contribution in [2.24, 2.45) is 0 Å². The molecule has 0 saturated carbocycles. The summed E-state index contributed by atoms with van der Waals surface area (Å²) < 4.78 is 0. The third-order valence-corrected chi connectivity index (χ3v) is 5.95. The van der Waals surface area contributed by atoms with Gasteiger partial charge in [0.15, 0.2) is 0 Å². The van der Waals surface area contributed by atoms with Gasteiger partial charge in [-0.3, -0.25) is 4.79 Å². The monoisotopic (exact) mass is 404 g/mol. The molecule has 0 fully saturated rings. The van der Waals surface area contributed by atoms with Gasteiger partial charge in [-0.25, -0.2) is 4.98 Å². The van der Waals surface area contributed by atoms with E-state index >= 15 is 0 Å². The summed E-state index contributed by atoms with van der Waals surface area (Å²) in [5.41, 5.74) is 2.66. The van der Waals surface area contributed by atoms with E-state index in [0.717, 1.165) is 26.8 Å². The number of nitrogens with zero attached hydrogens (tertiary/aromatic N) is 3. The lowest BCUT2D eigenvalue weighted by Crippen LogP contribution is -2.24. The zero-order chi connectivity index (χ0) is 18.5. The molecule has 1 aromatic carbocycles. The molecule has 0 aliphatic heterocycles. The first-order chi connectivity index (χ1) is 12.5. The highest BCUT2D eigenvalue weighted by molar-refractivity contribution is 7.99. The van der Waals surface area contributed by atoms with E-state index in [2.05, 4.69) is 20.5 Å². The minimum atomic E-state index is -0.0743. The lowest BCUT2D eigenvalue weighted by Gasteiger charge is -2.06. The Balaban J connectivity index is 1.52. The number of aryl methyl sites for hydroxylation is 2. The molecule has 0 unspecified atom stereocenters. The van der Waals surface area contributed by atoms with E-state index < -0.39 is 0 Å². The molecule has 0 bridgehead atoms. The van der Waals surface area contributed by atoms with Gasteiger partial charge in [-0.15, -0.1) is 21.5 Å². The highest BCUT2D eigenvalue weighted by Gasteiger charge is 2.10. The molecular formula is C18H17ClN4OS2. The van der Waals surface area contributed by atoms with Crippen molar-refractivity contribution < 1.29 is 4.79 Å². The Morgan fingerprint density at radius 3 is 2.65 bits per heavy atom. The number of hydrogen-bond acceptors (Lipinski definition) is 6. The van der Waals surface area contributed by atoms with E-state index in [9.17, 15) is 4.79 Å². The van der Waals surface area contributed by atoms with Crippen molar-refractivity contribution in [3.63, 3.8) is 0 Å². The Labute approximate surface area is 165 Å². The van der Waals surface area contributed by atoms with E-state index in [1.807, 2.05) is 44.2 Å². The molecule has 26 heavy (non-hydrogen) atoms. The minimum Gasteiger partial charge on any atom is -0.351 e. The second-order valence-corrected chi connectivity index (χ2v) is 8.17. The second-order valence-electron chi connectivity index (χ2n) is 5.56. The summed E-state index contributed by atoms with van der Waals surface area (Å²) in [6.45, 7) is 4.35. The van der Waals surface area contributed by atoms with E-state index in [-0.39, 0.29) is 11.7 Å². The molecule has 3 rings (SSSR count). The number of aromatic nitrogens is 3. The number of thiazole rings is 1. The Kier molecular flexibility index (Phi) is 6.24. The molecule has 0 radical (unpaired) electrons. The number of halogens is 1. The number of thioether (sulfide) groups is 1. The average Bonchev–Trinajstić information content (AvgIpc) is 2.98. The van der Waals surface area contributed by atoms with Gasteiger partial charge in [-0.1, -0.05) is 41.6 Å². The predicted octanol–water partition coefficient (Wildman–Crippen LogP) is 4.28. The molecule has 0 aliphatic rings. The molecule has 1 amide bonds. The van der Waals surface area contributed by atoms with Gasteiger partial charge < -0.3 is 5.32 Å². The summed E-state index contributed by atoms with van der Waals surface area (Å²) >= 11 is 9.03. The number of hydrogen-bond donors (Lipinski definition) is 1. The van der Waals surface area contributed by atoms with Gasteiger partial charge in [0.25, 0.3) is 0 Å². The summed E-state index contributed by atoms with van der Waals surface area (Å²) in [7, 11) is 0. The molecule has 0 spiro atoms. The maximum absolute atomic E-state index is 12.0. The zero-order valence-electron chi connectivity index (χ0n) is 14.3. The van der Waals surface area contributed by atoms with Crippen LogP contribution in [0.15, 0.2) is 41.4 Å². The zero-order valence-corrected chi connectivity index (χ0v) is 16.7. The fraction of sp³-hybridized carbons (Fsp3) is 0.222. The SMILES string of the molecule is Cc1nc(C)c(-c2ccc(SCC(=O)NCc3ccccc3Cl)nn2)s1. The third-order valence-electron chi connectivity index (χ3n) is 3.56. The van der Waals surface area contributed by atoms with Crippen LogP contribution in [0.2, 0.25) is 5.02 Å². The molecule has 0 aliphatic carbocycles. The van der Waals surface area contributed by atoms with Crippen molar-refractivity contribution in [1.82, 2.24) is 20.5 Å². The molecule has 3 aromatic rings. The smallest absolute Gasteiger partial charge is 0.230 e. The van der Waals surface area contributed by atoms with Crippen LogP contribution in [0, 0.1) is 13.8 Å². The van der Waals surface area contributed by atoms with Crippen molar-refractivity contribution in [2.45, 2.75) is 25.4 Å². The summed E-state index contributed by atoms with van der Waals surface area (Å²) in [4.78, 5) is 17.4. The summed E-state index contributed by atoms with van der Waals surface area (Å²) in [5.74, 6) is 0.201. The number of benzene rings is 1. The lowest BCUT2D eigenvalue weighted by molar-refractivity contribution is -0.118. The van der Waals surface area contributed by atoms with Gasteiger partial charge in [0, 0.05) is 11.6 Å². The van der Waals surface area contributed by atoms with Crippen LogP contribution >= 0.6 is 34.7 Å². The number of carbonyl (C=O) groups excluding carboxylic acids is 1. The van der Waals surface area contributed by atoms with Crippen LogP contribution in [0.3, 0.4) is 0 Å². The molecule has 134 valence electrons. The largest absolute Gasteiger partial charge is 0.351 e. The fourth-order valence-electron chi connectivity index (χ4n) is 2.31. The van der Waals surface area contributed by atoms with Crippen LogP contribution in [0.4, 0.5) is 0 Å². The van der Waals surface area contributed by atoms with Gasteiger partial charge in [0.2, 0.25) is 5.91 Å². The van der Waals surface area contributed by atoms with Gasteiger partial charge in [-0.2, -0.15) is 0 Å². The molecule has 2 aromatic heterocycles. The normalized spacial score (nSPS) is 10.7. The Hall–Kier alpha value is -1.96. The molecule has 0 atom stereocenters. The first kappa shape index (κ1) is 18.8. The van der Waals surface area contributed by atoms with Gasteiger partial charge in [0.1, 0.15) is 10.7 Å². The molecule has 8 heteroatoms. The van der Waals surface area contributed by atoms with E-state index in [1.165, 1.54) is 11.8 Å². The molecule has 1 N–H and O–H groups in total. The highest BCUT2D eigenvalue weighted by atomic mass is 35.5. The highest BCUT2D eigenvalue weighted by Crippen LogP contribution is 2.28. The van der Waals surface area contributed by atoms with Crippen LogP contribution in [-0.2, 0) is 11.3 Å². The standard InChI is InChI=1S/C18H17ClN4OS2/c1-11-18(26-12(2)21-11)15-7-8-17(23-22-15)25-10-16(24)20-9-13-5-3-4-6-14(13)19/h3-8H,9-10H2,1-2H3,(H,20,24). The molecule has 0 saturated heterocycles. The number of amides is 1. The lowest BCUT2D eigenvalue weighted by atomic mass is 10.2. The van der Waals surface area contributed by atoms with E-state index in [1.54, 1.807) is 17.4 Å². The second kappa shape index (κ2) is 8.62. The molecule has 5 nitrogen and oxygen atoms in total. The molecule has 2 heterocycles. The van der Waals surface area contributed by atoms with Crippen LogP contribution in [0.5, 0.6) is 0 Å². The Morgan fingerprint density at radius 1 is 1.19 bits per heavy atom. The number of carbonyl (C=O) groups is 1.